The summed E-state index contributed by atoms with van der Waals surface area (Å²) >= 11 is 0. The summed E-state index contributed by atoms with van der Waals surface area (Å²) in [6.45, 7) is 6.16. The molecule has 1 aromatic heterocycles. The van der Waals surface area contributed by atoms with Gasteiger partial charge in [0.05, 0.1) is 5.69 Å². The third-order valence-corrected chi connectivity index (χ3v) is 3.34. The Balaban J connectivity index is 2.31. The average molecular weight is 221 g/mol. The minimum Gasteiger partial charge on any atom is -0.316 e. The van der Waals surface area contributed by atoms with E-state index in [-0.39, 0.29) is 5.56 Å². The molecule has 0 bridgehead atoms. The van der Waals surface area contributed by atoms with Crippen molar-refractivity contribution in [2.75, 3.05) is 13.1 Å². The number of nitrogens with zero attached hydrogens (tertiary/aromatic N) is 1. The van der Waals surface area contributed by atoms with Gasteiger partial charge in [0.1, 0.15) is 5.82 Å². The lowest BCUT2D eigenvalue weighted by atomic mass is 10.0. The highest BCUT2D eigenvalue weighted by Crippen LogP contribution is 2.21. The highest BCUT2D eigenvalue weighted by molar-refractivity contribution is 5.12. The van der Waals surface area contributed by atoms with Gasteiger partial charge in [-0.1, -0.05) is 13.8 Å². The van der Waals surface area contributed by atoms with E-state index in [0.717, 1.165) is 37.4 Å². The number of rotatable bonds is 3. The van der Waals surface area contributed by atoms with Crippen LogP contribution in [0.25, 0.3) is 0 Å². The van der Waals surface area contributed by atoms with E-state index >= 15 is 0 Å². The van der Waals surface area contributed by atoms with E-state index in [1.165, 1.54) is 0 Å². The Morgan fingerprint density at radius 3 is 3.06 bits per heavy atom. The number of H-pyrrole nitrogens is 1. The molecule has 2 heterocycles. The van der Waals surface area contributed by atoms with Gasteiger partial charge in [0.2, 0.25) is 0 Å². The maximum absolute atomic E-state index is 11.6. The molecule has 4 nitrogen and oxygen atoms in total. The van der Waals surface area contributed by atoms with Gasteiger partial charge in [0.25, 0.3) is 5.56 Å². The largest absolute Gasteiger partial charge is 0.316 e. The molecule has 1 fully saturated rings. The Morgan fingerprint density at radius 2 is 2.44 bits per heavy atom. The first kappa shape index (κ1) is 11.3. The number of aromatic amines is 1. The molecule has 0 amide bonds. The fourth-order valence-electron chi connectivity index (χ4n) is 2.04. The summed E-state index contributed by atoms with van der Waals surface area (Å²) in [4.78, 5) is 19.0. The van der Waals surface area contributed by atoms with Crippen molar-refractivity contribution < 1.29 is 0 Å². The molecule has 1 aliphatic rings. The number of nitrogens with one attached hydrogen (secondary N) is 2. The summed E-state index contributed by atoms with van der Waals surface area (Å²) in [6.07, 6.45) is 2.08. The van der Waals surface area contributed by atoms with Crippen molar-refractivity contribution in [3.8, 4) is 0 Å². The summed E-state index contributed by atoms with van der Waals surface area (Å²) in [5, 5.41) is 3.30. The predicted octanol–water partition coefficient (Wildman–Crippen LogP) is 1.36. The first-order chi connectivity index (χ1) is 7.70. The van der Waals surface area contributed by atoms with Gasteiger partial charge >= 0.3 is 0 Å². The van der Waals surface area contributed by atoms with Gasteiger partial charge in [-0.05, 0) is 19.4 Å². The van der Waals surface area contributed by atoms with E-state index in [1.54, 1.807) is 6.07 Å². The molecule has 2 rings (SSSR count). The maximum atomic E-state index is 11.6. The quantitative estimate of drug-likeness (QED) is 0.810. The van der Waals surface area contributed by atoms with Crippen molar-refractivity contribution in [3.05, 3.63) is 27.9 Å². The minimum atomic E-state index is -0.0211. The van der Waals surface area contributed by atoms with Crippen molar-refractivity contribution in [2.45, 2.75) is 38.5 Å². The number of hydrogen-bond acceptors (Lipinski definition) is 3. The zero-order valence-corrected chi connectivity index (χ0v) is 9.92. The monoisotopic (exact) mass is 221 g/mol. The zero-order chi connectivity index (χ0) is 11.5. The molecule has 2 atom stereocenters. The molecule has 0 spiro atoms. The standard InChI is InChI=1S/C12H19N3O/c1-3-8(2)12-14-10(6-11(16)15-12)9-4-5-13-7-9/h6,8-9,13H,3-5,7H2,1-2H3,(H,14,15,16). The van der Waals surface area contributed by atoms with Crippen LogP contribution in [0, 0.1) is 0 Å². The molecule has 4 heteroatoms. The smallest absolute Gasteiger partial charge is 0.251 e. The van der Waals surface area contributed by atoms with Gasteiger partial charge < -0.3 is 10.3 Å². The van der Waals surface area contributed by atoms with Crippen LogP contribution in [-0.2, 0) is 0 Å². The van der Waals surface area contributed by atoms with Crippen molar-refractivity contribution in [1.29, 1.82) is 0 Å². The van der Waals surface area contributed by atoms with Crippen LogP contribution in [0.3, 0.4) is 0 Å². The van der Waals surface area contributed by atoms with Crippen LogP contribution >= 0.6 is 0 Å². The number of aromatic nitrogens is 2. The first-order valence-corrected chi connectivity index (χ1v) is 6.02. The van der Waals surface area contributed by atoms with Gasteiger partial charge in [-0.25, -0.2) is 4.98 Å². The molecular weight excluding hydrogens is 202 g/mol. The van der Waals surface area contributed by atoms with Crippen LogP contribution < -0.4 is 10.9 Å². The Kier molecular flexibility index (Phi) is 3.39. The molecule has 1 aromatic rings. The van der Waals surface area contributed by atoms with E-state index in [9.17, 15) is 4.79 Å². The fourth-order valence-corrected chi connectivity index (χ4v) is 2.04. The van der Waals surface area contributed by atoms with E-state index in [1.807, 2.05) is 0 Å². The van der Waals surface area contributed by atoms with E-state index < -0.39 is 0 Å². The van der Waals surface area contributed by atoms with Crippen LogP contribution in [0.1, 0.15) is 50.0 Å². The maximum Gasteiger partial charge on any atom is 0.251 e. The molecule has 2 N–H and O–H groups in total. The van der Waals surface area contributed by atoms with Crippen molar-refractivity contribution in [2.24, 2.45) is 0 Å². The second-order valence-electron chi connectivity index (χ2n) is 4.55. The molecule has 0 saturated carbocycles. The van der Waals surface area contributed by atoms with Crippen LogP contribution in [0.4, 0.5) is 0 Å². The molecule has 2 unspecified atom stereocenters. The zero-order valence-electron chi connectivity index (χ0n) is 9.92. The summed E-state index contributed by atoms with van der Waals surface area (Å²) in [5.41, 5.74) is 0.927. The highest BCUT2D eigenvalue weighted by atomic mass is 16.1. The second kappa shape index (κ2) is 4.78. The van der Waals surface area contributed by atoms with Gasteiger partial charge in [-0.3, -0.25) is 4.79 Å². The first-order valence-electron chi connectivity index (χ1n) is 6.02. The lowest BCUT2D eigenvalue weighted by Crippen LogP contribution is -2.17. The minimum absolute atomic E-state index is 0.0211. The van der Waals surface area contributed by atoms with Crippen LogP contribution in [-0.4, -0.2) is 23.1 Å². The van der Waals surface area contributed by atoms with E-state index in [4.69, 9.17) is 0 Å². The fraction of sp³-hybridized carbons (Fsp3) is 0.667. The lowest BCUT2D eigenvalue weighted by Gasteiger charge is -2.12. The molecular formula is C12H19N3O. The topological polar surface area (TPSA) is 57.8 Å². The van der Waals surface area contributed by atoms with Crippen molar-refractivity contribution >= 4 is 0 Å². The third-order valence-electron chi connectivity index (χ3n) is 3.34. The van der Waals surface area contributed by atoms with Crippen LogP contribution in [0.2, 0.25) is 0 Å². The van der Waals surface area contributed by atoms with E-state index in [2.05, 4.69) is 29.1 Å². The highest BCUT2D eigenvalue weighted by Gasteiger charge is 2.19. The van der Waals surface area contributed by atoms with Crippen molar-refractivity contribution in [1.82, 2.24) is 15.3 Å². The Hall–Kier alpha value is -1.16. The summed E-state index contributed by atoms with van der Waals surface area (Å²) in [6, 6.07) is 1.64. The van der Waals surface area contributed by atoms with Crippen molar-refractivity contribution in [3.63, 3.8) is 0 Å². The van der Waals surface area contributed by atoms with Gasteiger partial charge in [0, 0.05) is 24.4 Å². The van der Waals surface area contributed by atoms with E-state index in [0.29, 0.717) is 11.8 Å². The Labute approximate surface area is 95.5 Å². The van der Waals surface area contributed by atoms with Gasteiger partial charge in [-0.15, -0.1) is 0 Å². The molecule has 1 saturated heterocycles. The molecule has 0 radical (unpaired) electrons. The summed E-state index contributed by atoms with van der Waals surface area (Å²) in [7, 11) is 0. The Bertz CT molecular complexity index is 407. The Morgan fingerprint density at radius 1 is 1.62 bits per heavy atom. The van der Waals surface area contributed by atoms with Crippen LogP contribution in [0.5, 0.6) is 0 Å². The molecule has 0 aromatic carbocycles. The normalized spacial score (nSPS) is 22.2. The number of hydrogen-bond donors (Lipinski definition) is 2. The van der Waals surface area contributed by atoms with Crippen LogP contribution in [0.15, 0.2) is 10.9 Å². The average Bonchev–Trinajstić information content (AvgIpc) is 2.80. The predicted molar refractivity (Wildman–Crippen MR) is 63.8 cm³/mol. The third kappa shape index (κ3) is 2.32. The SMILES string of the molecule is CCC(C)c1nc(C2CCNC2)cc(=O)[nH]1. The molecule has 1 aliphatic heterocycles. The van der Waals surface area contributed by atoms with Gasteiger partial charge in [0.15, 0.2) is 0 Å². The molecule has 0 aliphatic carbocycles. The molecule has 88 valence electrons. The summed E-state index contributed by atoms with van der Waals surface area (Å²) < 4.78 is 0. The summed E-state index contributed by atoms with van der Waals surface area (Å²) in [5.74, 6) is 1.56. The van der Waals surface area contributed by atoms with Gasteiger partial charge in [-0.2, -0.15) is 0 Å². The molecule has 16 heavy (non-hydrogen) atoms. The second-order valence-corrected chi connectivity index (χ2v) is 4.55. The lowest BCUT2D eigenvalue weighted by molar-refractivity contribution is 0.646.